The van der Waals surface area contributed by atoms with Gasteiger partial charge in [-0.1, -0.05) is 35.5 Å². The van der Waals surface area contributed by atoms with Crippen molar-refractivity contribution in [1.82, 2.24) is 15.0 Å². The SMILES string of the molecule is COCCN1CC[C@@]2(c3ccccc3)CCN(C(=O)c3cnoc3C)[C@H]2CC1=O. The molecule has 0 aliphatic carbocycles. The third-order valence-corrected chi connectivity index (χ3v) is 6.52. The maximum Gasteiger partial charge on any atom is 0.259 e. The number of rotatable bonds is 5. The van der Waals surface area contributed by atoms with E-state index in [2.05, 4.69) is 17.3 Å². The van der Waals surface area contributed by atoms with E-state index in [9.17, 15) is 9.59 Å². The van der Waals surface area contributed by atoms with Crippen molar-refractivity contribution in [3.8, 4) is 0 Å². The van der Waals surface area contributed by atoms with Crippen molar-refractivity contribution in [1.29, 1.82) is 0 Å². The molecule has 2 aliphatic rings. The monoisotopic (exact) mass is 397 g/mol. The first-order chi connectivity index (χ1) is 14.1. The number of carbonyl (C=O) groups is 2. The van der Waals surface area contributed by atoms with E-state index >= 15 is 0 Å². The molecule has 0 spiro atoms. The molecule has 1 aromatic heterocycles. The van der Waals surface area contributed by atoms with Crippen molar-refractivity contribution in [3.05, 3.63) is 53.4 Å². The molecular formula is C22H27N3O4. The van der Waals surface area contributed by atoms with Crippen molar-refractivity contribution in [2.24, 2.45) is 0 Å². The van der Waals surface area contributed by atoms with Crippen LogP contribution in [0, 0.1) is 6.92 Å². The number of hydrogen-bond donors (Lipinski definition) is 0. The zero-order valence-corrected chi connectivity index (χ0v) is 17.0. The van der Waals surface area contributed by atoms with Gasteiger partial charge < -0.3 is 19.1 Å². The Morgan fingerprint density at radius 1 is 1.28 bits per heavy atom. The zero-order chi connectivity index (χ0) is 20.4. The molecule has 0 unspecified atom stereocenters. The molecule has 7 nitrogen and oxygen atoms in total. The molecule has 2 amide bonds. The molecule has 2 aliphatic heterocycles. The maximum atomic E-state index is 13.3. The summed E-state index contributed by atoms with van der Waals surface area (Å²) >= 11 is 0. The largest absolute Gasteiger partial charge is 0.383 e. The summed E-state index contributed by atoms with van der Waals surface area (Å²) in [4.78, 5) is 30.1. The number of aryl methyl sites for hydroxylation is 1. The summed E-state index contributed by atoms with van der Waals surface area (Å²) in [5, 5.41) is 3.76. The Morgan fingerprint density at radius 2 is 2.03 bits per heavy atom. The van der Waals surface area contributed by atoms with Crippen LogP contribution in [0.4, 0.5) is 0 Å². The lowest BCUT2D eigenvalue weighted by Crippen LogP contribution is -2.45. The van der Waals surface area contributed by atoms with Crippen LogP contribution in [-0.4, -0.2) is 66.2 Å². The van der Waals surface area contributed by atoms with Gasteiger partial charge in [0.05, 0.1) is 18.8 Å². The molecule has 7 heteroatoms. The van der Waals surface area contributed by atoms with Crippen molar-refractivity contribution in [2.45, 2.75) is 37.6 Å². The fraction of sp³-hybridized carbons (Fsp3) is 0.500. The summed E-state index contributed by atoms with van der Waals surface area (Å²) in [5.41, 5.74) is 1.44. The van der Waals surface area contributed by atoms with Gasteiger partial charge >= 0.3 is 0 Å². The normalized spacial score (nSPS) is 24.5. The zero-order valence-electron chi connectivity index (χ0n) is 17.0. The highest BCUT2D eigenvalue weighted by Gasteiger charge is 2.52. The molecule has 1 aromatic carbocycles. The van der Waals surface area contributed by atoms with E-state index in [1.54, 1.807) is 14.0 Å². The summed E-state index contributed by atoms with van der Waals surface area (Å²) in [5.74, 6) is 0.477. The molecule has 3 heterocycles. The predicted octanol–water partition coefficient (Wildman–Crippen LogP) is 2.40. The van der Waals surface area contributed by atoms with Crippen molar-refractivity contribution < 1.29 is 18.8 Å². The van der Waals surface area contributed by atoms with E-state index in [1.165, 1.54) is 11.8 Å². The first-order valence-corrected chi connectivity index (χ1v) is 10.1. The van der Waals surface area contributed by atoms with Gasteiger partial charge in [-0.15, -0.1) is 0 Å². The van der Waals surface area contributed by atoms with Gasteiger partial charge in [-0.25, -0.2) is 0 Å². The summed E-state index contributed by atoms with van der Waals surface area (Å²) in [6.45, 7) is 4.12. The van der Waals surface area contributed by atoms with E-state index in [0.717, 1.165) is 12.8 Å². The van der Waals surface area contributed by atoms with Gasteiger partial charge in [0, 0.05) is 38.6 Å². The molecule has 0 N–H and O–H groups in total. The average molecular weight is 397 g/mol. The minimum atomic E-state index is -0.237. The van der Waals surface area contributed by atoms with Gasteiger partial charge in [-0.3, -0.25) is 9.59 Å². The van der Waals surface area contributed by atoms with Gasteiger partial charge in [0.2, 0.25) is 5.91 Å². The smallest absolute Gasteiger partial charge is 0.259 e. The van der Waals surface area contributed by atoms with Gasteiger partial charge in [-0.05, 0) is 25.3 Å². The maximum absolute atomic E-state index is 13.3. The second-order valence-corrected chi connectivity index (χ2v) is 7.91. The Hall–Kier alpha value is -2.67. The summed E-state index contributed by atoms with van der Waals surface area (Å²) in [6, 6.07) is 10.1. The second-order valence-electron chi connectivity index (χ2n) is 7.91. The molecule has 154 valence electrons. The fourth-order valence-electron chi connectivity index (χ4n) is 4.88. The molecule has 29 heavy (non-hydrogen) atoms. The Kier molecular flexibility index (Phi) is 5.41. The molecule has 2 saturated heterocycles. The number of hydrogen-bond acceptors (Lipinski definition) is 5. The average Bonchev–Trinajstić information content (AvgIpc) is 3.29. The third kappa shape index (κ3) is 3.44. The topological polar surface area (TPSA) is 75.9 Å². The highest BCUT2D eigenvalue weighted by molar-refractivity contribution is 5.95. The van der Waals surface area contributed by atoms with E-state index in [-0.39, 0.29) is 23.3 Å². The Bertz CT molecular complexity index is 881. The van der Waals surface area contributed by atoms with Crippen molar-refractivity contribution in [3.63, 3.8) is 0 Å². The van der Waals surface area contributed by atoms with Gasteiger partial charge in [0.1, 0.15) is 11.3 Å². The quantitative estimate of drug-likeness (QED) is 0.774. The lowest BCUT2D eigenvalue weighted by atomic mass is 9.71. The molecule has 2 fully saturated rings. The summed E-state index contributed by atoms with van der Waals surface area (Å²) in [7, 11) is 1.64. The third-order valence-electron chi connectivity index (χ3n) is 6.52. The van der Waals surface area contributed by atoms with Crippen LogP contribution in [0.2, 0.25) is 0 Å². The number of benzene rings is 1. The highest BCUT2D eigenvalue weighted by Crippen LogP contribution is 2.46. The van der Waals surface area contributed by atoms with Crippen LogP contribution in [0.5, 0.6) is 0 Å². The van der Waals surface area contributed by atoms with Crippen LogP contribution in [0.3, 0.4) is 0 Å². The minimum Gasteiger partial charge on any atom is -0.383 e. The number of aromatic nitrogens is 1. The number of fused-ring (bicyclic) bond motifs is 1. The minimum absolute atomic E-state index is 0.0756. The standard InChI is InChI=1S/C22H27N3O4/c1-16-18(15-23-29-16)21(27)25-11-9-22(17-6-4-3-5-7-17)8-10-24(12-13-28-2)20(26)14-19(22)25/h3-7,15,19H,8-14H2,1-2H3/t19-,22-/m0/s1. The number of amides is 2. The molecular weight excluding hydrogens is 370 g/mol. The molecule has 0 radical (unpaired) electrons. The van der Waals surface area contributed by atoms with Crippen LogP contribution in [0.25, 0.3) is 0 Å². The van der Waals surface area contributed by atoms with Crippen LogP contribution < -0.4 is 0 Å². The molecule has 0 bridgehead atoms. The first-order valence-electron chi connectivity index (χ1n) is 10.1. The van der Waals surface area contributed by atoms with E-state index in [1.807, 2.05) is 28.0 Å². The number of ether oxygens (including phenoxy) is 1. The van der Waals surface area contributed by atoms with Crippen molar-refractivity contribution in [2.75, 3.05) is 33.4 Å². The van der Waals surface area contributed by atoms with Crippen molar-refractivity contribution >= 4 is 11.8 Å². The summed E-state index contributed by atoms with van der Waals surface area (Å²) < 4.78 is 10.3. The number of likely N-dealkylation sites (tertiary alicyclic amines) is 2. The lowest BCUT2D eigenvalue weighted by molar-refractivity contribution is -0.132. The van der Waals surface area contributed by atoms with Crippen LogP contribution >= 0.6 is 0 Å². The fourth-order valence-corrected chi connectivity index (χ4v) is 4.88. The van der Waals surface area contributed by atoms with Crippen LogP contribution in [0.1, 0.15) is 40.9 Å². The lowest BCUT2D eigenvalue weighted by Gasteiger charge is -2.36. The Balaban J connectivity index is 1.71. The molecule has 0 saturated carbocycles. The highest BCUT2D eigenvalue weighted by atomic mass is 16.5. The van der Waals surface area contributed by atoms with Gasteiger partial charge in [-0.2, -0.15) is 0 Å². The van der Waals surface area contributed by atoms with Gasteiger partial charge in [0.25, 0.3) is 5.91 Å². The number of nitrogens with zero attached hydrogens (tertiary/aromatic N) is 3. The van der Waals surface area contributed by atoms with E-state index < -0.39 is 0 Å². The predicted molar refractivity (Wildman–Crippen MR) is 106 cm³/mol. The second kappa shape index (κ2) is 7.99. The summed E-state index contributed by atoms with van der Waals surface area (Å²) in [6.07, 6.45) is 3.45. The first kappa shape index (κ1) is 19.6. The molecule has 2 aromatic rings. The Labute approximate surface area is 170 Å². The number of methoxy groups -OCH3 is 1. The van der Waals surface area contributed by atoms with Crippen LogP contribution in [-0.2, 0) is 14.9 Å². The molecule has 2 atom stereocenters. The van der Waals surface area contributed by atoms with E-state index in [0.29, 0.717) is 44.0 Å². The van der Waals surface area contributed by atoms with E-state index in [4.69, 9.17) is 9.26 Å². The Morgan fingerprint density at radius 3 is 2.72 bits per heavy atom. The molecule has 4 rings (SSSR count). The van der Waals surface area contributed by atoms with Gasteiger partial charge in [0.15, 0.2) is 0 Å². The number of carbonyl (C=O) groups excluding carboxylic acids is 2. The van der Waals surface area contributed by atoms with Crippen LogP contribution in [0.15, 0.2) is 41.1 Å².